The molecule has 4 rings (SSSR count). The Kier molecular flexibility index (Phi) is 5.89. The summed E-state index contributed by atoms with van der Waals surface area (Å²) in [5.41, 5.74) is 2.01. The highest BCUT2D eigenvalue weighted by Crippen LogP contribution is 2.47. The lowest BCUT2D eigenvalue weighted by Crippen LogP contribution is -2.43. The topological polar surface area (TPSA) is 46.6 Å². The fourth-order valence-corrected chi connectivity index (χ4v) is 5.88. The predicted octanol–water partition coefficient (Wildman–Crippen LogP) is 5.58. The van der Waals surface area contributed by atoms with Crippen LogP contribution < -0.4 is 4.74 Å². The third kappa shape index (κ3) is 3.88. The lowest BCUT2D eigenvalue weighted by Gasteiger charge is -2.34. The van der Waals surface area contributed by atoms with E-state index in [0.717, 1.165) is 11.1 Å². The largest absolute Gasteiger partial charge is 0.496 e. The molecule has 0 N–H and O–H groups in total. The molecule has 3 aromatic rings. The molecule has 0 saturated heterocycles. The Labute approximate surface area is 188 Å². The fourth-order valence-electron chi connectivity index (χ4n) is 3.92. The Morgan fingerprint density at radius 2 is 1.55 bits per heavy atom. The molecule has 0 amide bonds. The van der Waals surface area contributed by atoms with E-state index in [2.05, 4.69) is 15.9 Å². The van der Waals surface area contributed by atoms with Crippen molar-refractivity contribution in [2.45, 2.75) is 29.3 Å². The predicted molar refractivity (Wildman–Crippen MR) is 118 cm³/mol. The van der Waals surface area contributed by atoms with Gasteiger partial charge in [0.25, 0.3) is 0 Å². The molecule has 162 valence electrons. The second-order valence-electron chi connectivity index (χ2n) is 7.35. The molecule has 0 aromatic heterocycles. The second-order valence-corrected chi connectivity index (χ2v) is 10.2. The summed E-state index contributed by atoms with van der Waals surface area (Å²) in [5, 5.41) is -4.08. The minimum Gasteiger partial charge on any atom is -0.496 e. The highest BCUT2D eigenvalue weighted by molar-refractivity contribution is 9.10. The zero-order valence-corrected chi connectivity index (χ0v) is 19.0. The summed E-state index contributed by atoms with van der Waals surface area (Å²) in [7, 11) is -3.49. The van der Waals surface area contributed by atoms with Crippen LogP contribution in [0.5, 0.6) is 5.75 Å². The third-order valence-corrected chi connectivity index (χ3v) is 7.90. The summed E-state index contributed by atoms with van der Waals surface area (Å²) in [6.45, 7) is 0.453. The molecular weight excluding hydrogens is 488 g/mol. The van der Waals surface area contributed by atoms with Crippen molar-refractivity contribution < 1.29 is 21.9 Å². The lowest BCUT2D eigenvalue weighted by molar-refractivity contribution is -0.0174. The SMILES string of the molecule is COc1ccc(C(N2Cc3ccccc3C2)C(F)(F)S(=O)(=O)c2ccccc2)cc1Br. The molecule has 8 heteroatoms. The standard InChI is InChI=1S/C23H20BrF2NO3S/c1-30-21-12-11-16(13-20(21)24)22(27-14-17-7-5-6-8-18(17)15-27)23(25,26)31(28,29)19-9-3-2-4-10-19/h2-13,22H,14-15H2,1H3. The van der Waals surface area contributed by atoms with E-state index in [1.807, 2.05) is 24.3 Å². The van der Waals surface area contributed by atoms with Gasteiger partial charge in [-0.15, -0.1) is 0 Å². The molecule has 31 heavy (non-hydrogen) atoms. The molecule has 4 nitrogen and oxygen atoms in total. The summed E-state index contributed by atoms with van der Waals surface area (Å²) in [6, 6.07) is 17.2. The van der Waals surface area contributed by atoms with Crippen molar-refractivity contribution in [2.24, 2.45) is 0 Å². The number of rotatable bonds is 6. The highest BCUT2D eigenvalue weighted by atomic mass is 79.9. The molecule has 0 aliphatic carbocycles. The molecule has 0 spiro atoms. The van der Waals surface area contributed by atoms with E-state index in [-0.39, 0.29) is 18.7 Å². The van der Waals surface area contributed by atoms with Gasteiger partial charge in [-0.3, -0.25) is 4.90 Å². The van der Waals surface area contributed by atoms with Gasteiger partial charge in [-0.25, -0.2) is 8.42 Å². The Balaban J connectivity index is 1.84. The van der Waals surface area contributed by atoms with Crippen LogP contribution in [0, 0.1) is 0 Å². The zero-order valence-electron chi connectivity index (χ0n) is 16.6. The molecular formula is C23H20BrF2NO3S. The van der Waals surface area contributed by atoms with Crippen LogP contribution in [0.3, 0.4) is 0 Å². The summed E-state index contributed by atoms with van der Waals surface area (Å²) >= 11 is 3.34. The van der Waals surface area contributed by atoms with Gasteiger partial charge in [0.05, 0.1) is 16.5 Å². The summed E-state index contributed by atoms with van der Waals surface area (Å²) in [5.74, 6) is 0.474. The van der Waals surface area contributed by atoms with E-state index in [9.17, 15) is 8.42 Å². The first-order valence-corrected chi connectivity index (χ1v) is 11.8. The smallest absolute Gasteiger partial charge is 0.369 e. The Morgan fingerprint density at radius 1 is 0.968 bits per heavy atom. The first kappa shape index (κ1) is 21.9. The van der Waals surface area contributed by atoms with Gasteiger partial charge >= 0.3 is 5.25 Å². The highest BCUT2D eigenvalue weighted by Gasteiger charge is 2.56. The Morgan fingerprint density at radius 3 is 2.10 bits per heavy atom. The number of fused-ring (bicyclic) bond motifs is 1. The van der Waals surface area contributed by atoms with Crippen LogP contribution >= 0.6 is 15.9 Å². The molecule has 0 bridgehead atoms. The first-order valence-electron chi connectivity index (χ1n) is 9.57. The maximum atomic E-state index is 16.0. The first-order chi connectivity index (χ1) is 14.8. The van der Waals surface area contributed by atoms with Gasteiger partial charge in [-0.1, -0.05) is 48.5 Å². The number of ether oxygens (including phenoxy) is 1. The number of hydrogen-bond acceptors (Lipinski definition) is 4. The second kappa shape index (κ2) is 8.33. The molecule has 3 aromatic carbocycles. The number of hydrogen-bond donors (Lipinski definition) is 0. The molecule has 1 atom stereocenters. The lowest BCUT2D eigenvalue weighted by atomic mass is 10.1. The van der Waals surface area contributed by atoms with Crippen molar-refractivity contribution in [3.63, 3.8) is 0 Å². The number of alkyl halides is 2. The van der Waals surface area contributed by atoms with E-state index in [4.69, 9.17) is 4.74 Å². The van der Waals surface area contributed by atoms with Crippen molar-refractivity contribution in [1.82, 2.24) is 4.90 Å². The molecule has 1 heterocycles. The minimum absolute atomic E-state index is 0.185. The molecule has 1 aliphatic rings. The van der Waals surface area contributed by atoms with E-state index in [1.54, 1.807) is 12.1 Å². The van der Waals surface area contributed by atoms with E-state index in [1.165, 1.54) is 48.4 Å². The van der Waals surface area contributed by atoms with Crippen LogP contribution in [0.15, 0.2) is 82.2 Å². The van der Waals surface area contributed by atoms with E-state index >= 15 is 8.78 Å². The zero-order chi connectivity index (χ0) is 22.2. The van der Waals surface area contributed by atoms with Gasteiger partial charge in [0.2, 0.25) is 9.84 Å². The van der Waals surface area contributed by atoms with Crippen LogP contribution in [-0.4, -0.2) is 25.7 Å². The van der Waals surface area contributed by atoms with Gasteiger partial charge < -0.3 is 4.74 Å². The molecule has 1 unspecified atom stereocenters. The van der Waals surface area contributed by atoms with E-state index < -0.39 is 26.0 Å². The van der Waals surface area contributed by atoms with Crippen LogP contribution in [0.25, 0.3) is 0 Å². The van der Waals surface area contributed by atoms with Crippen LogP contribution in [0.1, 0.15) is 22.7 Å². The van der Waals surface area contributed by atoms with E-state index in [0.29, 0.717) is 10.2 Å². The van der Waals surface area contributed by atoms with Gasteiger partial charge in [-0.2, -0.15) is 8.78 Å². The van der Waals surface area contributed by atoms with Gasteiger partial charge in [-0.05, 0) is 56.9 Å². The minimum atomic E-state index is -4.96. The summed E-state index contributed by atoms with van der Waals surface area (Å²) < 4.78 is 63.8. The van der Waals surface area contributed by atoms with Crippen molar-refractivity contribution in [3.8, 4) is 5.75 Å². The van der Waals surface area contributed by atoms with Crippen molar-refractivity contribution in [1.29, 1.82) is 0 Å². The van der Waals surface area contributed by atoms with Crippen LogP contribution in [-0.2, 0) is 22.9 Å². The quantitative estimate of drug-likeness (QED) is 0.436. The molecule has 0 saturated carbocycles. The van der Waals surface area contributed by atoms with Gasteiger partial charge in [0, 0.05) is 13.1 Å². The maximum absolute atomic E-state index is 16.0. The number of sulfone groups is 1. The normalized spacial score (nSPS) is 15.5. The van der Waals surface area contributed by atoms with Gasteiger partial charge in [0.1, 0.15) is 11.8 Å². The number of halogens is 3. The Bertz CT molecular complexity index is 1180. The average molecular weight is 508 g/mol. The van der Waals surface area contributed by atoms with Gasteiger partial charge in [0.15, 0.2) is 0 Å². The monoisotopic (exact) mass is 507 g/mol. The number of nitrogens with zero attached hydrogens (tertiary/aromatic N) is 1. The summed E-state index contributed by atoms with van der Waals surface area (Å²) in [6.07, 6.45) is 0. The molecule has 0 fully saturated rings. The maximum Gasteiger partial charge on any atom is 0.369 e. The average Bonchev–Trinajstić information content (AvgIpc) is 3.17. The van der Waals surface area contributed by atoms with Crippen molar-refractivity contribution in [3.05, 3.63) is 94.0 Å². The Hall–Kier alpha value is -2.29. The molecule has 0 radical (unpaired) electrons. The number of benzene rings is 3. The van der Waals surface area contributed by atoms with Crippen molar-refractivity contribution in [2.75, 3.05) is 7.11 Å². The fraction of sp³-hybridized carbons (Fsp3) is 0.217. The van der Waals surface area contributed by atoms with Crippen molar-refractivity contribution >= 4 is 25.8 Å². The van der Waals surface area contributed by atoms with Crippen LogP contribution in [0.2, 0.25) is 0 Å². The summed E-state index contributed by atoms with van der Waals surface area (Å²) in [4.78, 5) is 1.11. The third-order valence-electron chi connectivity index (χ3n) is 5.45. The molecule has 1 aliphatic heterocycles. The number of methoxy groups -OCH3 is 1. The van der Waals surface area contributed by atoms with Crippen LogP contribution in [0.4, 0.5) is 8.78 Å².